The minimum atomic E-state index is -0.988. The highest BCUT2D eigenvalue weighted by Gasteiger charge is 2.16. The molecular weight excluding hydrogens is 373 g/mol. The Bertz CT molecular complexity index is 757. The maximum absolute atomic E-state index is 13.5. The molecule has 25 heavy (non-hydrogen) atoms. The van der Waals surface area contributed by atoms with Gasteiger partial charge in [-0.05, 0) is 42.3 Å². The number of benzene rings is 2. The summed E-state index contributed by atoms with van der Waals surface area (Å²) in [6, 6.07) is 6.57. The average Bonchev–Trinajstić information content (AvgIpc) is 2.56. The van der Waals surface area contributed by atoms with Crippen LogP contribution < -0.4 is 10.6 Å². The summed E-state index contributed by atoms with van der Waals surface area (Å²) in [5, 5.41) is 15.2. The van der Waals surface area contributed by atoms with Crippen molar-refractivity contribution in [3.8, 4) is 0 Å². The van der Waals surface area contributed by atoms with Gasteiger partial charge in [0.2, 0.25) is 0 Å². The van der Waals surface area contributed by atoms with Crippen LogP contribution in [0.25, 0.3) is 0 Å². The Labute approximate surface area is 153 Å². The minimum absolute atomic E-state index is 0.0765. The van der Waals surface area contributed by atoms with Gasteiger partial charge in [0.25, 0.3) is 0 Å². The fourth-order valence-electron chi connectivity index (χ4n) is 2.19. The third kappa shape index (κ3) is 5.29. The van der Waals surface area contributed by atoms with Gasteiger partial charge in [0, 0.05) is 11.6 Å². The Morgan fingerprint density at radius 3 is 2.44 bits per heavy atom. The lowest BCUT2D eigenvalue weighted by Crippen LogP contribution is -2.39. The monoisotopic (exact) mass is 388 g/mol. The topological polar surface area (TPSA) is 61.4 Å². The van der Waals surface area contributed by atoms with E-state index in [4.69, 9.17) is 23.2 Å². The molecule has 0 saturated carbocycles. The summed E-state index contributed by atoms with van der Waals surface area (Å²) in [5.41, 5.74) is 0.843. The molecule has 2 amide bonds. The summed E-state index contributed by atoms with van der Waals surface area (Å²) >= 11 is 11.6. The summed E-state index contributed by atoms with van der Waals surface area (Å²) in [7, 11) is 0. The van der Waals surface area contributed by atoms with Gasteiger partial charge in [-0.2, -0.15) is 0 Å². The van der Waals surface area contributed by atoms with Crippen LogP contribution >= 0.6 is 23.2 Å². The van der Waals surface area contributed by atoms with Gasteiger partial charge < -0.3 is 15.7 Å². The third-order valence-electron chi connectivity index (χ3n) is 3.56. The number of aliphatic hydroxyl groups excluding tert-OH is 1. The van der Waals surface area contributed by atoms with Crippen LogP contribution in [0.15, 0.2) is 36.4 Å². The highest BCUT2D eigenvalue weighted by molar-refractivity contribution is 6.35. The predicted molar refractivity (Wildman–Crippen MR) is 92.7 cm³/mol. The summed E-state index contributed by atoms with van der Waals surface area (Å²) in [6.45, 7) is 1.55. The Morgan fingerprint density at radius 1 is 1.16 bits per heavy atom. The number of halogens is 4. The number of nitrogens with one attached hydrogen (secondary N) is 2. The first kappa shape index (κ1) is 19.4. The number of urea groups is 1. The SMILES string of the molecule is CC(NC(=O)NCC(O)c1ccc(F)cc1)c1cc(F)c(Cl)cc1Cl. The number of hydrogen-bond donors (Lipinski definition) is 3. The summed E-state index contributed by atoms with van der Waals surface area (Å²) in [4.78, 5) is 11.9. The van der Waals surface area contributed by atoms with Crippen LogP contribution in [0.1, 0.15) is 30.2 Å². The van der Waals surface area contributed by atoms with Gasteiger partial charge in [0.05, 0.1) is 17.2 Å². The van der Waals surface area contributed by atoms with Crippen molar-refractivity contribution in [1.29, 1.82) is 0 Å². The zero-order valence-corrected chi connectivity index (χ0v) is 14.7. The molecule has 2 rings (SSSR count). The molecule has 0 spiro atoms. The largest absolute Gasteiger partial charge is 0.387 e. The summed E-state index contributed by atoms with van der Waals surface area (Å²) in [5.74, 6) is -1.05. The van der Waals surface area contributed by atoms with Crippen molar-refractivity contribution in [2.24, 2.45) is 0 Å². The van der Waals surface area contributed by atoms with E-state index in [9.17, 15) is 18.7 Å². The minimum Gasteiger partial charge on any atom is -0.387 e. The predicted octanol–water partition coefficient (Wildman–Crippen LogP) is 4.37. The number of aliphatic hydroxyl groups is 1. The Balaban J connectivity index is 1.91. The van der Waals surface area contributed by atoms with E-state index in [-0.39, 0.29) is 16.6 Å². The lowest BCUT2D eigenvalue weighted by Gasteiger charge is -2.18. The highest BCUT2D eigenvalue weighted by atomic mass is 35.5. The van der Waals surface area contributed by atoms with Crippen molar-refractivity contribution in [2.45, 2.75) is 19.1 Å². The molecule has 2 aromatic rings. The molecular formula is C17H16Cl2F2N2O2. The van der Waals surface area contributed by atoms with E-state index < -0.39 is 29.8 Å². The molecule has 3 N–H and O–H groups in total. The van der Waals surface area contributed by atoms with Crippen molar-refractivity contribution in [2.75, 3.05) is 6.54 Å². The van der Waals surface area contributed by atoms with E-state index in [1.807, 2.05) is 0 Å². The van der Waals surface area contributed by atoms with E-state index in [0.29, 0.717) is 11.1 Å². The molecule has 0 heterocycles. The molecule has 0 saturated heterocycles. The van der Waals surface area contributed by atoms with Crippen LogP contribution in [-0.2, 0) is 0 Å². The number of hydrogen-bond acceptors (Lipinski definition) is 2. The zero-order valence-electron chi connectivity index (χ0n) is 13.2. The Hall–Kier alpha value is -1.89. The van der Waals surface area contributed by atoms with Crippen LogP contribution in [0.4, 0.5) is 13.6 Å². The van der Waals surface area contributed by atoms with Crippen molar-refractivity contribution in [1.82, 2.24) is 10.6 Å². The Kier molecular flexibility index (Phi) is 6.58. The van der Waals surface area contributed by atoms with Crippen LogP contribution in [0, 0.1) is 11.6 Å². The molecule has 0 aliphatic rings. The van der Waals surface area contributed by atoms with E-state index >= 15 is 0 Å². The molecule has 0 aliphatic heterocycles. The quantitative estimate of drug-likeness (QED) is 0.666. The summed E-state index contributed by atoms with van der Waals surface area (Å²) in [6.07, 6.45) is -0.988. The number of carbonyl (C=O) groups is 1. The molecule has 2 atom stereocenters. The van der Waals surface area contributed by atoms with Crippen molar-refractivity contribution >= 4 is 29.2 Å². The molecule has 0 radical (unpaired) electrons. The molecule has 2 aromatic carbocycles. The third-order valence-corrected chi connectivity index (χ3v) is 4.18. The fourth-order valence-corrected chi connectivity index (χ4v) is 2.73. The number of rotatable bonds is 5. The zero-order chi connectivity index (χ0) is 18.6. The second kappa shape index (κ2) is 8.47. The van der Waals surface area contributed by atoms with Gasteiger partial charge in [0.15, 0.2) is 0 Å². The first-order valence-electron chi connectivity index (χ1n) is 7.40. The first-order chi connectivity index (χ1) is 11.8. The Morgan fingerprint density at radius 2 is 1.80 bits per heavy atom. The smallest absolute Gasteiger partial charge is 0.315 e. The molecule has 0 fully saturated rings. The van der Waals surface area contributed by atoms with Gasteiger partial charge >= 0.3 is 6.03 Å². The van der Waals surface area contributed by atoms with Gasteiger partial charge in [-0.3, -0.25) is 0 Å². The molecule has 134 valence electrons. The molecule has 4 nitrogen and oxygen atoms in total. The highest BCUT2D eigenvalue weighted by Crippen LogP contribution is 2.28. The van der Waals surface area contributed by atoms with Crippen LogP contribution in [0.3, 0.4) is 0 Å². The van der Waals surface area contributed by atoms with Crippen molar-refractivity contribution in [3.05, 3.63) is 69.2 Å². The normalized spacial score (nSPS) is 13.2. The fraction of sp³-hybridized carbons (Fsp3) is 0.235. The number of carbonyl (C=O) groups excluding carboxylic acids is 1. The van der Waals surface area contributed by atoms with Crippen molar-refractivity contribution in [3.63, 3.8) is 0 Å². The molecule has 8 heteroatoms. The average molecular weight is 389 g/mol. The lowest BCUT2D eigenvalue weighted by molar-refractivity contribution is 0.172. The summed E-state index contributed by atoms with van der Waals surface area (Å²) < 4.78 is 26.4. The van der Waals surface area contributed by atoms with Crippen LogP contribution in [0.2, 0.25) is 10.0 Å². The van der Waals surface area contributed by atoms with Gasteiger partial charge in [-0.15, -0.1) is 0 Å². The standard InChI is InChI=1S/C17H16Cl2F2N2O2/c1-9(12-6-15(21)14(19)7-13(12)18)23-17(25)22-8-16(24)10-2-4-11(20)5-3-10/h2-7,9,16,24H,8H2,1H3,(H2,22,23,25). The molecule has 0 aromatic heterocycles. The lowest BCUT2D eigenvalue weighted by atomic mass is 10.1. The van der Waals surface area contributed by atoms with E-state index in [2.05, 4.69) is 10.6 Å². The van der Waals surface area contributed by atoms with Crippen LogP contribution in [-0.4, -0.2) is 17.7 Å². The molecule has 2 unspecified atom stereocenters. The van der Waals surface area contributed by atoms with Gasteiger partial charge in [-0.25, -0.2) is 13.6 Å². The molecule has 0 aliphatic carbocycles. The maximum atomic E-state index is 13.5. The second-order valence-electron chi connectivity index (χ2n) is 5.43. The van der Waals surface area contributed by atoms with Gasteiger partial charge in [0.1, 0.15) is 11.6 Å². The van der Waals surface area contributed by atoms with Crippen molar-refractivity contribution < 1.29 is 18.7 Å². The first-order valence-corrected chi connectivity index (χ1v) is 8.16. The van der Waals surface area contributed by atoms with E-state index in [0.717, 1.165) is 6.07 Å². The maximum Gasteiger partial charge on any atom is 0.315 e. The number of amides is 2. The second-order valence-corrected chi connectivity index (χ2v) is 6.25. The van der Waals surface area contributed by atoms with Gasteiger partial charge in [-0.1, -0.05) is 35.3 Å². The van der Waals surface area contributed by atoms with Crippen LogP contribution in [0.5, 0.6) is 0 Å². The van der Waals surface area contributed by atoms with E-state index in [1.54, 1.807) is 6.92 Å². The molecule has 0 bridgehead atoms. The van der Waals surface area contributed by atoms with E-state index in [1.165, 1.54) is 30.3 Å².